The minimum Gasteiger partial charge on any atom is -0.477 e. The van der Waals surface area contributed by atoms with E-state index in [1.807, 2.05) is 19.9 Å². The zero-order valence-electron chi connectivity index (χ0n) is 14.9. The normalized spacial score (nSPS) is 10.9. The number of carbonyl (C=O) groups is 2. The van der Waals surface area contributed by atoms with Crippen LogP contribution in [0, 0.1) is 0 Å². The summed E-state index contributed by atoms with van der Waals surface area (Å²) >= 11 is 0. The molecule has 0 aliphatic rings. The number of hydrogen-bond donors (Lipinski definition) is 3. The van der Waals surface area contributed by atoms with E-state index in [0.29, 0.717) is 16.9 Å². The SMILES string of the molecule is CC(C)c1ccc(N)cc1NC(=O)n1cc(C(=O)O)c(=O)c2ccccc21. The Morgan fingerprint density at radius 3 is 2.52 bits per heavy atom. The van der Waals surface area contributed by atoms with Crippen molar-refractivity contribution in [3.63, 3.8) is 0 Å². The number of benzene rings is 2. The molecule has 0 atom stereocenters. The van der Waals surface area contributed by atoms with Gasteiger partial charge in [-0.3, -0.25) is 9.36 Å². The highest BCUT2D eigenvalue weighted by Crippen LogP contribution is 2.27. The monoisotopic (exact) mass is 365 g/mol. The third kappa shape index (κ3) is 3.39. The fourth-order valence-electron chi connectivity index (χ4n) is 2.96. The Kier molecular flexibility index (Phi) is 4.68. The van der Waals surface area contributed by atoms with E-state index >= 15 is 0 Å². The van der Waals surface area contributed by atoms with Crippen molar-refractivity contribution in [3.8, 4) is 0 Å². The standard InChI is InChI=1S/C20H19N3O4/c1-11(2)13-8-7-12(21)9-16(13)22-20(27)23-10-15(19(25)26)18(24)14-5-3-4-6-17(14)23/h3-11H,21H2,1-2H3,(H,22,27)(H,25,26). The molecule has 0 spiro atoms. The number of pyridine rings is 1. The highest BCUT2D eigenvalue weighted by Gasteiger charge is 2.18. The van der Waals surface area contributed by atoms with Crippen LogP contribution in [0.3, 0.4) is 0 Å². The number of aromatic carboxylic acids is 1. The highest BCUT2D eigenvalue weighted by molar-refractivity contribution is 6.01. The van der Waals surface area contributed by atoms with Crippen molar-refractivity contribution >= 4 is 34.3 Å². The van der Waals surface area contributed by atoms with Crippen LogP contribution in [0.2, 0.25) is 0 Å². The van der Waals surface area contributed by atoms with Gasteiger partial charge >= 0.3 is 12.0 Å². The molecule has 3 aromatic rings. The van der Waals surface area contributed by atoms with E-state index in [4.69, 9.17) is 5.73 Å². The van der Waals surface area contributed by atoms with Crippen LogP contribution < -0.4 is 16.5 Å². The van der Waals surface area contributed by atoms with E-state index in [2.05, 4.69) is 5.32 Å². The maximum atomic E-state index is 12.9. The van der Waals surface area contributed by atoms with Crippen LogP contribution in [0.1, 0.15) is 35.7 Å². The molecule has 1 heterocycles. The first-order valence-electron chi connectivity index (χ1n) is 8.38. The average Bonchev–Trinajstić information content (AvgIpc) is 2.61. The molecule has 1 amide bonds. The van der Waals surface area contributed by atoms with Gasteiger partial charge in [-0.25, -0.2) is 9.59 Å². The number of nitrogens with zero attached hydrogens (tertiary/aromatic N) is 1. The number of amides is 1. The summed E-state index contributed by atoms with van der Waals surface area (Å²) in [6.07, 6.45) is 1.05. The number of rotatable bonds is 3. The molecule has 0 unspecified atom stereocenters. The number of nitrogens with two attached hydrogens (primary N) is 1. The number of para-hydroxylation sites is 1. The van der Waals surface area contributed by atoms with Crippen molar-refractivity contribution in [2.24, 2.45) is 0 Å². The first kappa shape index (κ1) is 18.2. The van der Waals surface area contributed by atoms with Crippen LogP contribution >= 0.6 is 0 Å². The number of carboxylic acids is 1. The molecule has 0 aliphatic carbocycles. The zero-order valence-corrected chi connectivity index (χ0v) is 14.9. The lowest BCUT2D eigenvalue weighted by Crippen LogP contribution is -2.26. The lowest BCUT2D eigenvalue weighted by Gasteiger charge is -2.17. The Bertz CT molecular complexity index is 1120. The third-order valence-corrected chi connectivity index (χ3v) is 4.30. The Morgan fingerprint density at radius 2 is 1.85 bits per heavy atom. The molecule has 7 heteroatoms. The molecule has 0 aliphatic heterocycles. The number of hydrogen-bond acceptors (Lipinski definition) is 4. The summed E-state index contributed by atoms with van der Waals surface area (Å²) in [5.41, 5.74) is 6.97. The van der Waals surface area contributed by atoms with Gasteiger partial charge < -0.3 is 16.2 Å². The molecular formula is C20H19N3O4. The molecule has 3 rings (SSSR count). The van der Waals surface area contributed by atoms with Gasteiger partial charge in [0.1, 0.15) is 5.56 Å². The lowest BCUT2D eigenvalue weighted by molar-refractivity contribution is 0.0695. The number of fused-ring (bicyclic) bond motifs is 1. The van der Waals surface area contributed by atoms with Gasteiger partial charge in [-0.15, -0.1) is 0 Å². The lowest BCUT2D eigenvalue weighted by atomic mass is 10.0. The minimum absolute atomic E-state index is 0.140. The smallest absolute Gasteiger partial charge is 0.341 e. The van der Waals surface area contributed by atoms with E-state index < -0.39 is 23.0 Å². The van der Waals surface area contributed by atoms with Gasteiger partial charge in [0, 0.05) is 23.0 Å². The van der Waals surface area contributed by atoms with Crippen molar-refractivity contribution < 1.29 is 14.7 Å². The van der Waals surface area contributed by atoms with Gasteiger partial charge in [0.25, 0.3) is 0 Å². The Morgan fingerprint density at radius 1 is 1.15 bits per heavy atom. The maximum Gasteiger partial charge on any atom is 0.341 e. The molecule has 2 aromatic carbocycles. The first-order chi connectivity index (χ1) is 12.8. The molecule has 7 nitrogen and oxygen atoms in total. The van der Waals surface area contributed by atoms with Crippen LogP contribution in [0.15, 0.2) is 53.5 Å². The quantitative estimate of drug-likeness (QED) is 0.615. The van der Waals surface area contributed by atoms with Crippen LogP contribution in [0.4, 0.5) is 16.2 Å². The first-order valence-corrected chi connectivity index (χ1v) is 8.38. The number of nitrogens with one attached hydrogen (secondary N) is 1. The third-order valence-electron chi connectivity index (χ3n) is 4.30. The van der Waals surface area contributed by atoms with E-state index in [9.17, 15) is 19.5 Å². The predicted octanol–water partition coefficient (Wildman–Crippen LogP) is 3.49. The van der Waals surface area contributed by atoms with Crippen molar-refractivity contribution in [1.29, 1.82) is 0 Å². The summed E-state index contributed by atoms with van der Waals surface area (Å²) in [4.78, 5) is 36.7. The van der Waals surface area contributed by atoms with Crippen LogP contribution in [-0.2, 0) is 0 Å². The topological polar surface area (TPSA) is 114 Å². The maximum absolute atomic E-state index is 12.9. The van der Waals surface area contributed by atoms with Crippen molar-refractivity contribution in [2.45, 2.75) is 19.8 Å². The molecule has 138 valence electrons. The van der Waals surface area contributed by atoms with Crippen molar-refractivity contribution in [1.82, 2.24) is 4.57 Å². The summed E-state index contributed by atoms with van der Waals surface area (Å²) in [6.45, 7) is 3.97. The molecule has 0 radical (unpaired) electrons. The predicted molar refractivity (Wildman–Crippen MR) is 105 cm³/mol. The van der Waals surface area contributed by atoms with Gasteiger partial charge in [0.15, 0.2) is 0 Å². The second kappa shape index (κ2) is 6.95. The van der Waals surface area contributed by atoms with Gasteiger partial charge in [-0.2, -0.15) is 0 Å². The Balaban J connectivity index is 2.15. The Labute approximate surface area is 155 Å². The molecular weight excluding hydrogens is 346 g/mol. The van der Waals surface area contributed by atoms with Crippen LogP contribution in [-0.4, -0.2) is 21.7 Å². The van der Waals surface area contributed by atoms with E-state index in [1.165, 1.54) is 6.07 Å². The molecule has 0 saturated heterocycles. The zero-order chi connectivity index (χ0) is 19.7. The van der Waals surface area contributed by atoms with Crippen LogP contribution in [0.25, 0.3) is 10.9 Å². The largest absolute Gasteiger partial charge is 0.477 e. The summed E-state index contributed by atoms with van der Waals surface area (Å²) < 4.78 is 1.13. The minimum atomic E-state index is -1.39. The van der Waals surface area contributed by atoms with E-state index in [1.54, 1.807) is 30.3 Å². The highest BCUT2D eigenvalue weighted by atomic mass is 16.4. The molecule has 27 heavy (non-hydrogen) atoms. The van der Waals surface area contributed by atoms with Gasteiger partial charge in [0.05, 0.1) is 5.52 Å². The number of carbonyl (C=O) groups excluding carboxylic acids is 1. The number of aromatic nitrogens is 1. The fraction of sp³-hybridized carbons (Fsp3) is 0.150. The molecule has 1 aromatic heterocycles. The fourth-order valence-corrected chi connectivity index (χ4v) is 2.96. The van der Waals surface area contributed by atoms with Gasteiger partial charge in [0.2, 0.25) is 5.43 Å². The molecule has 0 bridgehead atoms. The number of carboxylic acid groups (broad SMARTS) is 1. The van der Waals surface area contributed by atoms with Crippen molar-refractivity contribution in [3.05, 3.63) is 70.0 Å². The van der Waals surface area contributed by atoms with Gasteiger partial charge in [-0.05, 0) is 35.7 Å². The van der Waals surface area contributed by atoms with Crippen LogP contribution in [0.5, 0.6) is 0 Å². The second-order valence-electron chi connectivity index (χ2n) is 6.50. The summed E-state index contributed by atoms with van der Waals surface area (Å²) in [5, 5.41) is 12.2. The molecule has 4 N–H and O–H groups in total. The van der Waals surface area contributed by atoms with Crippen molar-refractivity contribution in [2.75, 3.05) is 11.1 Å². The summed E-state index contributed by atoms with van der Waals surface area (Å²) in [7, 11) is 0. The molecule has 0 fully saturated rings. The molecule has 0 saturated carbocycles. The van der Waals surface area contributed by atoms with Gasteiger partial charge in [-0.1, -0.05) is 32.0 Å². The summed E-state index contributed by atoms with van der Waals surface area (Å²) in [5.74, 6) is -1.25. The van der Waals surface area contributed by atoms with E-state index in [0.717, 1.165) is 16.3 Å². The second-order valence-corrected chi connectivity index (χ2v) is 6.50. The number of nitrogen functional groups attached to an aromatic ring is 1. The summed E-state index contributed by atoms with van der Waals surface area (Å²) in [6, 6.07) is 11.0. The number of anilines is 2. The Hall–Kier alpha value is -3.61. The van der Waals surface area contributed by atoms with E-state index in [-0.39, 0.29) is 11.3 Å². The average molecular weight is 365 g/mol.